The Kier molecular flexibility index (Phi) is 4.15. The van der Waals surface area contributed by atoms with E-state index in [9.17, 15) is 0 Å². The molecule has 78 valence electrons. The third kappa shape index (κ3) is 2.49. The van der Waals surface area contributed by atoms with Gasteiger partial charge in [-0.1, -0.05) is 24.9 Å². The van der Waals surface area contributed by atoms with Gasteiger partial charge in [0.1, 0.15) is 16.8 Å². The normalized spacial score (nSPS) is 9.60. The first kappa shape index (κ1) is 11.6. The zero-order valence-electron chi connectivity index (χ0n) is 8.50. The molecule has 1 aromatic heterocycles. The van der Waals surface area contributed by atoms with Crippen molar-refractivity contribution in [2.75, 3.05) is 0 Å². The van der Waals surface area contributed by atoms with E-state index in [4.69, 9.17) is 22.1 Å². The minimum Gasteiger partial charge on any atom is -0.251 e. The molecule has 5 heteroatoms. The molecule has 1 heterocycles. The second-order valence-corrected chi connectivity index (χ2v) is 3.46. The van der Waals surface area contributed by atoms with E-state index < -0.39 is 0 Å². The number of nitrogens with zero attached hydrogens (tertiary/aromatic N) is 4. The van der Waals surface area contributed by atoms with E-state index in [-0.39, 0.29) is 0 Å². The third-order valence-electron chi connectivity index (χ3n) is 2.00. The molecule has 0 radical (unpaired) electrons. The van der Waals surface area contributed by atoms with Crippen LogP contribution >= 0.6 is 11.6 Å². The SMILES string of the molecule is CCCc1nn(CCC#N)c(Cl)c1C#N. The molecule has 0 saturated carbocycles. The zero-order chi connectivity index (χ0) is 11.3. The molecule has 4 nitrogen and oxygen atoms in total. The minimum atomic E-state index is 0.344. The van der Waals surface area contributed by atoms with Crippen LogP contribution in [0.15, 0.2) is 0 Å². The maximum Gasteiger partial charge on any atom is 0.145 e. The lowest BCUT2D eigenvalue weighted by Crippen LogP contribution is -2.00. The highest BCUT2D eigenvalue weighted by Crippen LogP contribution is 2.20. The number of hydrogen-bond donors (Lipinski definition) is 0. The van der Waals surface area contributed by atoms with E-state index in [1.807, 2.05) is 19.1 Å². The summed E-state index contributed by atoms with van der Waals surface area (Å²) in [5.74, 6) is 0. The second kappa shape index (κ2) is 5.38. The van der Waals surface area contributed by atoms with E-state index in [0.29, 0.717) is 23.7 Å². The molecule has 1 rings (SSSR count). The van der Waals surface area contributed by atoms with E-state index in [1.165, 1.54) is 4.68 Å². The highest BCUT2D eigenvalue weighted by atomic mass is 35.5. The predicted octanol–water partition coefficient (Wildman–Crippen LogP) is 2.27. The standard InChI is InChI=1S/C10H11ClN4/c1-2-4-9-8(7-13)10(11)15(14-9)6-3-5-12/h2-4,6H2,1H3. The molecule has 0 atom stereocenters. The van der Waals surface area contributed by atoms with Gasteiger partial charge in [0, 0.05) is 0 Å². The van der Waals surface area contributed by atoms with E-state index in [1.54, 1.807) is 0 Å². The summed E-state index contributed by atoms with van der Waals surface area (Å²) in [7, 11) is 0. The molecule has 0 fully saturated rings. The molecule has 1 aromatic rings. The van der Waals surface area contributed by atoms with Crippen LogP contribution < -0.4 is 0 Å². The highest BCUT2D eigenvalue weighted by molar-refractivity contribution is 6.30. The minimum absolute atomic E-state index is 0.344. The van der Waals surface area contributed by atoms with Crippen LogP contribution in [-0.2, 0) is 13.0 Å². The second-order valence-electron chi connectivity index (χ2n) is 3.11. The van der Waals surface area contributed by atoms with Gasteiger partial charge in [-0.15, -0.1) is 0 Å². The summed E-state index contributed by atoms with van der Waals surface area (Å²) in [5.41, 5.74) is 1.17. The Bertz CT molecular complexity index is 422. The fourth-order valence-electron chi connectivity index (χ4n) is 1.31. The van der Waals surface area contributed by atoms with Crippen molar-refractivity contribution in [1.29, 1.82) is 10.5 Å². The Morgan fingerprint density at radius 3 is 2.73 bits per heavy atom. The van der Waals surface area contributed by atoms with Gasteiger partial charge in [-0.2, -0.15) is 15.6 Å². The number of rotatable bonds is 4. The van der Waals surface area contributed by atoms with Crippen molar-refractivity contribution >= 4 is 11.6 Å². The monoisotopic (exact) mass is 222 g/mol. The van der Waals surface area contributed by atoms with Crippen LogP contribution in [0.4, 0.5) is 0 Å². The molecule has 0 aromatic carbocycles. The fourth-order valence-corrected chi connectivity index (χ4v) is 1.59. The van der Waals surface area contributed by atoms with Crippen LogP contribution in [-0.4, -0.2) is 9.78 Å². The van der Waals surface area contributed by atoms with Gasteiger partial charge in [-0.3, -0.25) is 4.68 Å². The number of hydrogen-bond acceptors (Lipinski definition) is 3. The number of halogens is 1. The lowest BCUT2D eigenvalue weighted by atomic mass is 10.2. The average Bonchev–Trinajstić information content (AvgIpc) is 2.52. The largest absolute Gasteiger partial charge is 0.251 e. The zero-order valence-corrected chi connectivity index (χ0v) is 9.25. The van der Waals surface area contributed by atoms with Crippen molar-refractivity contribution in [3.05, 3.63) is 16.4 Å². The van der Waals surface area contributed by atoms with Crippen molar-refractivity contribution in [3.63, 3.8) is 0 Å². The van der Waals surface area contributed by atoms with Gasteiger partial charge in [-0.05, 0) is 6.42 Å². The van der Waals surface area contributed by atoms with E-state index in [2.05, 4.69) is 5.10 Å². The van der Waals surface area contributed by atoms with Gasteiger partial charge < -0.3 is 0 Å². The summed E-state index contributed by atoms with van der Waals surface area (Å²) >= 11 is 5.97. The van der Waals surface area contributed by atoms with Crippen molar-refractivity contribution in [2.24, 2.45) is 0 Å². The first-order valence-corrected chi connectivity index (χ1v) is 5.14. The Morgan fingerprint density at radius 2 is 2.20 bits per heavy atom. The molecule has 15 heavy (non-hydrogen) atoms. The molecule has 0 saturated heterocycles. The fraction of sp³-hybridized carbons (Fsp3) is 0.500. The van der Waals surface area contributed by atoms with E-state index >= 15 is 0 Å². The number of aryl methyl sites for hydroxylation is 2. The molecule has 0 aliphatic carbocycles. The van der Waals surface area contributed by atoms with Crippen LogP contribution in [0.5, 0.6) is 0 Å². The average molecular weight is 223 g/mol. The Morgan fingerprint density at radius 1 is 1.47 bits per heavy atom. The summed E-state index contributed by atoms with van der Waals surface area (Å²) in [4.78, 5) is 0. The highest BCUT2D eigenvalue weighted by Gasteiger charge is 2.14. The quantitative estimate of drug-likeness (QED) is 0.785. The Labute approximate surface area is 93.7 Å². The van der Waals surface area contributed by atoms with Crippen molar-refractivity contribution < 1.29 is 0 Å². The summed E-state index contributed by atoms with van der Waals surface area (Å²) < 4.78 is 1.52. The topological polar surface area (TPSA) is 65.4 Å². The summed E-state index contributed by atoms with van der Waals surface area (Å²) in [6.07, 6.45) is 2.00. The summed E-state index contributed by atoms with van der Waals surface area (Å²) in [5, 5.41) is 21.9. The van der Waals surface area contributed by atoms with Gasteiger partial charge in [0.2, 0.25) is 0 Å². The molecule has 0 N–H and O–H groups in total. The smallest absolute Gasteiger partial charge is 0.145 e. The third-order valence-corrected chi connectivity index (χ3v) is 2.38. The first-order chi connectivity index (χ1) is 7.24. The van der Waals surface area contributed by atoms with E-state index in [0.717, 1.165) is 18.5 Å². The van der Waals surface area contributed by atoms with Gasteiger partial charge in [0.05, 0.1) is 24.7 Å². The van der Waals surface area contributed by atoms with Crippen molar-refractivity contribution in [1.82, 2.24) is 9.78 Å². The maximum absolute atomic E-state index is 8.91. The predicted molar refractivity (Wildman–Crippen MR) is 56.2 cm³/mol. The Hall–Kier alpha value is -1.52. The summed E-state index contributed by atoms with van der Waals surface area (Å²) in [6.45, 7) is 2.46. The van der Waals surface area contributed by atoms with Gasteiger partial charge in [0.15, 0.2) is 0 Å². The first-order valence-electron chi connectivity index (χ1n) is 4.76. The lowest BCUT2D eigenvalue weighted by Gasteiger charge is -1.96. The van der Waals surface area contributed by atoms with Gasteiger partial charge in [0.25, 0.3) is 0 Å². The van der Waals surface area contributed by atoms with Crippen LogP contribution in [0.1, 0.15) is 31.0 Å². The summed E-state index contributed by atoms with van der Waals surface area (Å²) in [6, 6.07) is 4.07. The van der Waals surface area contributed by atoms with Gasteiger partial charge in [-0.25, -0.2) is 0 Å². The van der Waals surface area contributed by atoms with Gasteiger partial charge >= 0.3 is 0 Å². The Balaban J connectivity index is 3.00. The van der Waals surface area contributed by atoms with Crippen molar-refractivity contribution in [2.45, 2.75) is 32.7 Å². The molecule has 0 spiro atoms. The number of nitriles is 2. The van der Waals surface area contributed by atoms with Crippen molar-refractivity contribution in [3.8, 4) is 12.1 Å². The van der Waals surface area contributed by atoms with Crippen LogP contribution in [0, 0.1) is 22.7 Å². The maximum atomic E-state index is 8.91. The molecule has 0 bridgehead atoms. The number of aromatic nitrogens is 2. The molecular formula is C10H11ClN4. The molecule has 0 unspecified atom stereocenters. The molecule has 0 amide bonds. The lowest BCUT2D eigenvalue weighted by molar-refractivity contribution is 0.616. The van der Waals surface area contributed by atoms with Crippen LogP contribution in [0.3, 0.4) is 0 Å². The van der Waals surface area contributed by atoms with Crippen LogP contribution in [0.2, 0.25) is 5.15 Å². The molecule has 0 aliphatic heterocycles. The molecular weight excluding hydrogens is 212 g/mol. The molecule has 0 aliphatic rings. The van der Waals surface area contributed by atoms with Crippen LogP contribution in [0.25, 0.3) is 0 Å².